The van der Waals surface area contributed by atoms with Crippen molar-refractivity contribution in [2.24, 2.45) is 0 Å². The van der Waals surface area contributed by atoms with Crippen molar-refractivity contribution in [3.8, 4) is 11.8 Å². The van der Waals surface area contributed by atoms with Crippen LogP contribution in [0.1, 0.15) is 30.9 Å². The molecule has 2 aromatic rings. The van der Waals surface area contributed by atoms with Crippen LogP contribution in [0.3, 0.4) is 0 Å². The van der Waals surface area contributed by atoms with E-state index in [9.17, 15) is 10.1 Å². The molecule has 1 amide bonds. The number of para-hydroxylation sites is 1. The summed E-state index contributed by atoms with van der Waals surface area (Å²) in [7, 11) is 1.57. The van der Waals surface area contributed by atoms with Crippen LogP contribution in [-0.2, 0) is 4.79 Å². The number of nitrogens with one attached hydrogen (secondary N) is 1. The Kier molecular flexibility index (Phi) is 5.75. The van der Waals surface area contributed by atoms with Crippen molar-refractivity contribution in [1.82, 2.24) is 0 Å². The number of benzene rings is 2. The molecule has 4 heteroatoms. The van der Waals surface area contributed by atoms with Crippen molar-refractivity contribution in [3.63, 3.8) is 0 Å². The van der Waals surface area contributed by atoms with E-state index in [0.29, 0.717) is 22.9 Å². The summed E-state index contributed by atoms with van der Waals surface area (Å²) in [5, 5.41) is 12.1. The predicted molar refractivity (Wildman–Crippen MR) is 95.7 cm³/mol. The molecule has 0 atom stereocenters. The Morgan fingerprint density at radius 3 is 2.50 bits per heavy atom. The minimum atomic E-state index is -0.444. The highest BCUT2D eigenvalue weighted by Crippen LogP contribution is 2.26. The van der Waals surface area contributed by atoms with Gasteiger partial charge in [0.25, 0.3) is 5.91 Å². The predicted octanol–water partition coefficient (Wildman–Crippen LogP) is 4.36. The standard InChI is InChI=1S/C20H20N2O2/c1-14(2)15-9-10-19(24-3)16(11-15)12-17(13-21)20(23)22-18-7-5-4-6-8-18/h4-12,14H,1-3H3,(H,22,23)/b17-12+. The van der Waals surface area contributed by atoms with Gasteiger partial charge in [-0.25, -0.2) is 0 Å². The molecule has 1 N–H and O–H groups in total. The molecule has 2 rings (SSSR count). The van der Waals surface area contributed by atoms with Crippen LogP contribution >= 0.6 is 0 Å². The maximum absolute atomic E-state index is 12.3. The number of rotatable bonds is 5. The second kappa shape index (κ2) is 7.98. The first kappa shape index (κ1) is 17.3. The maximum atomic E-state index is 12.3. The van der Waals surface area contributed by atoms with Crippen molar-refractivity contribution in [2.45, 2.75) is 19.8 Å². The molecule has 0 aliphatic carbocycles. The molecule has 0 spiro atoms. The van der Waals surface area contributed by atoms with Crippen molar-refractivity contribution in [3.05, 3.63) is 65.2 Å². The molecule has 0 aliphatic rings. The van der Waals surface area contributed by atoms with E-state index < -0.39 is 5.91 Å². The number of amides is 1. The number of hydrogen-bond acceptors (Lipinski definition) is 3. The summed E-state index contributed by atoms with van der Waals surface area (Å²) in [6.07, 6.45) is 1.56. The van der Waals surface area contributed by atoms with Gasteiger partial charge in [0.05, 0.1) is 7.11 Å². The number of carbonyl (C=O) groups is 1. The monoisotopic (exact) mass is 320 g/mol. The summed E-state index contributed by atoms with van der Waals surface area (Å²) >= 11 is 0. The van der Waals surface area contributed by atoms with Gasteiger partial charge < -0.3 is 10.1 Å². The number of hydrogen-bond donors (Lipinski definition) is 1. The van der Waals surface area contributed by atoms with Crippen LogP contribution in [0.5, 0.6) is 5.75 Å². The highest BCUT2D eigenvalue weighted by atomic mass is 16.5. The molecule has 0 aromatic heterocycles. The van der Waals surface area contributed by atoms with Crippen LogP contribution in [0, 0.1) is 11.3 Å². The Morgan fingerprint density at radius 2 is 1.92 bits per heavy atom. The Morgan fingerprint density at radius 1 is 1.21 bits per heavy atom. The van der Waals surface area contributed by atoms with E-state index in [-0.39, 0.29) is 5.57 Å². The molecule has 0 saturated heterocycles. The highest BCUT2D eigenvalue weighted by molar-refractivity contribution is 6.09. The minimum absolute atomic E-state index is 0.0260. The zero-order chi connectivity index (χ0) is 17.5. The molecular weight excluding hydrogens is 300 g/mol. The third kappa shape index (κ3) is 4.23. The molecule has 0 aliphatic heterocycles. The average molecular weight is 320 g/mol. The molecule has 0 saturated carbocycles. The Labute approximate surface area is 142 Å². The second-order valence-corrected chi connectivity index (χ2v) is 5.65. The average Bonchev–Trinajstić information content (AvgIpc) is 2.60. The summed E-state index contributed by atoms with van der Waals surface area (Å²) < 4.78 is 5.34. The smallest absolute Gasteiger partial charge is 0.266 e. The maximum Gasteiger partial charge on any atom is 0.266 e. The van der Waals surface area contributed by atoms with Gasteiger partial charge in [0.1, 0.15) is 17.4 Å². The number of methoxy groups -OCH3 is 1. The molecule has 0 unspecified atom stereocenters. The molecule has 122 valence electrons. The van der Waals surface area contributed by atoms with Crippen LogP contribution in [0.2, 0.25) is 0 Å². The lowest BCUT2D eigenvalue weighted by Crippen LogP contribution is -2.13. The van der Waals surface area contributed by atoms with Crippen LogP contribution in [0.4, 0.5) is 5.69 Å². The van der Waals surface area contributed by atoms with E-state index in [4.69, 9.17) is 4.74 Å². The molecule has 0 radical (unpaired) electrons. The summed E-state index contributed by atoms with van der Waals surface area (Å²) in [5.74, 6) is 0.520. The van der Waals surface area contributed by atoms with Crippen molar-refractivity contribution in [2.75, 3.05) is 12.4 Å². The molecule has 24 heavy (non-hydrogen) atoms. The van der Waals surface area contributed by atoms with Crippen LogP contribution < -0.4 is 10.1 Å². The van der Waals surface area contributed by atoms with E-state index in [1.54, 1.807) is 25.3 Å². The summed E-state index contributed by atoms with van der Waals surface area (Å²) in [6, 6.07) is 16.8. The van der Waals surface area contributed by atoms with E-state index in [2.05, 4.69) is 19.2 Å². The van der Waals surface area contributed by atoms with Gasteiger partial charge in [-0.05, 0) is 41.8 Å². The first-order valence-corrected chi connectivity index (χ1v) is 7.71. The lowest BCUT2D eigenvalue weighted by atomic mass is 9.99. The van der Waals surface area contributed by atoms with Gasteiger partial charge in [-0.2, -0.15) is 5.26 Å². The summed E-state index contributed by atoms with van der Waals surface area (Å²) in [5.41, 5.74) is 2.50. The third-order valence-electron chi connectivity index (χ3n) is 3.62. The number of nitrogens with zero attached hydrogens (tertiary/aromatic N) is 1. The van der Waals surface area contributed by atoms with Gasteiger partial charge in [-0.15, -0.1) is 0 Å². The van der Waals surface area contributed by atoms with E-state index in [1.165, 1.54) is 0 Å². The summed E-state index contributed by atoms with van der Waals surface area (Å²) in [6.45, 7) is 4.17. The van der Waals surface area contributed by atoms with E-state index >= 15 is 0 Å². The van der Waals surface area contributed by atoms with Crippen LogP contribution in [-0.4, -0.2) is 13.0 Å². The molecule has 2 aromatic carbocycles. The molecule has 0 fully saturated rings. The van der Waals surface area contributed by atoms with Crippen LogP contribution in [0.15, 0.2) is 54.1 Å². The topological polar surface area (TPSA) is 62.1 Å². The fourth-order valence-corrected chi connectivity index (χ4v) is 2.25. The molecule has 4 nitrogen and oxygen atoms in total. The highest BCUT2D eigenvalue weighted by Gasteiger charge is 2.12. The Balaban J connectivity index is 2.34. The molecular formula is C20H20N2O2. The van der Waals surface area contributed by atoms with Gasteiger partial charge in [0.2, 0.25) is 0 Å². The van der Waals surface area contributed by atoms with Gasteiger partial charge >= 0.3 is 0 Å². The quantitative estimate of drug-likeness (QED) is 0.657. The number of ether oxygens (including phenoxy) is 1. The van der Waals surface area contributed by atoms with Gasteiger partial charge in [0.15, 0.2) is 0 Å². The normalized spacial score (nSPS) is 11.0. The lowest BCUT2D eigenvalue weighted by Gasteiger charge is -2.11. The zero-order valence-corrected chi connectivity index (χ0v) is 14.0. The number of nitriles is 1. The van der Waals surface area contributed by atoms with E-state index in [0.717, 1.165) is 5.56 Å². The lowest BCUT2D eigenvalue weighted by molar-refractivity contribution is -0.112. The fraction of sp³-hybridized carbons (Fsp3) is 0.200. The largest absolute Gasteiger partial charge is 0.496 e. The second-order valence-electron chi connectivity index (χ2n) is 5.65. The van der Waals surface area contributed by atoms with Gasteiger partial charge in [-0.3, -0.25) is 4.79 Å². The first-order chi connectivity index (χ1) is 11.5. The first-order valence-electron chi connectivity index (χ1n) is 7.71. The Hall–Kier alpha value is -3.06. The fourth-order valence-electron chi connectivity index (χ4n) is 2.25. The van der Waals surface area contributed by atoms with Crippen LogP contribution in [0.25, 0.3) is 6.08 Å². The zero-order valence-electron chi connectivity index (χ0n) is 14.0. The van der Waals surface area contributed by atoms with Gasteiger partial charge in [0, 0.05) is 11.3 Å². The van der Waals surface area contributed by atoms with Crippen molar-refractivity contribution in [1.29, 1.82) is 5.26 Å². The summed E-state index contributed by atoms with van der Waals surface area (Å²) in [4.78, 5) is 12.3. The van der Waals surface area contributed by atoms with E-state index in [1.807, 2.05) is 42.5 Å². The number of anilines is 1. The SMILES string of the molecule is COc1ccc(C(C)C)cc1/C=C(\C#N)C(=O)Nc1ccccc1. The number of carbonyl (C=O) groups excluding carboxylic acids is 1. The van der Waals surface area contributed by atoms with Crippen molar-refractivity contribution < 1.29 is 9.53 Å². The Bertz CT molecular complexity index is 787. The molecule has 0 heterocycles. The van der Waals surface area contributed by atoms with Gasteiger partial charge in [-0.1, -0.05) is 38.1 Å². The minimum Gasteiger partial charge on any atom is -0.496 e. The van der Waals surface area contributed by atoms with Crippen molar-refractivity contribution >= 4 is 17.7 Å². The third-order valence-corrected chi connectivity index (χ3v) is 3.62. The molecule has 0 bridgehead atoms.